The van der Waals surface area contributed by atoms with E-state index >= 15 is 0 Å². The maximum absolute atomic E-state index is 11.6. The number of anilines is 1. The van der Waals surface area contributed by atoms with Gasteiger partial charge < -0.3 is 19.9 Å². The summed E-state index contributed by atoms with van der Waals surface area (Å²) < 4.78 is 12.6. The largest absolute Gasteiger partial charge is 0.504 e. The molecular weight excluding hydrogens is 404 g/mol. The second-order valence-electron chi connectivity index (χ2n) is 6.39. The van der Waals surface area contributed by atoms with Crippen LogP contribution in [0.25, 0.3) is 11.3 Å². The minimum atomic E-state index is -0.183. The van der Waals surface area contributed by atoms with Gasteiger partial charge >= 0.3 is 0 Å². The van der Waals surface area contributed by atoms with Crippen LogP contribution in [0.4, 0.5) is 5.69 Å². The number of aromatic hydroxyl groups is 1. The smallest absolute Gasteiger partial charge is 0.262 e. The molecule has 1 aliphatic rings. The molecule has 0 spiro atoms. The zero-order valence-corrected chi connectivity index (χ0v) is 17.3. The number of hydrogen-bond donors (Lipinski definition) is 2. The summed E-state index contributed by atoms with van der Waals surface area (Å²) in [5.41, 5.74) is 3.08. The number of aromatic nitrogens is 1. The third-order valence-electron chi connectivity index (χ3n) is 4.39. The molecule has 2 heterocycles. The summed E-state index contributed by atoms with van der Waals surface area (Å²) in [6.45, 7) is 2.33. The van der Waals surface area contributed by atoms with Crippen molar-refractivity contribution in [2.45, 2.75) is 6.92 Å². The minimum absolute atomic E-state index is 0.0182. The molecule has 0 unspecified atom stereocenters. The molecule has 0 atom stereocenters. The van der Waals surface area contributed by atoms with Crippen molar-refractivity contribution >= 4 is 29.1 Å². The lowest BCUT2D eigenvalue weighted by molar-refractivity contribution is -0.118. The Morgan fingerprint density at radius 1 is 1.33 bits per heavy atom. The van der Waals surface area contributed by atoms with Gasteiger partial charge in [-0.25, -0.2) is 4.68 Å². The van der Waals surface area contributed by atoms with Crippen LogP contribution in [0.2, 0.25) is 0 Å². The number of phenolic OH excluding ortho intramolecular Hbond substituents is 1. The van der Waals surface area contributed by atoms with Gasteiger partial charge in [-0.3, -0.25) is 9.79 Å². The first-order chi connectivity index (χ1) is 14.6. The number of rotatable bonds is 5. The van der Waals surface area contributed by atoms with E-state index in [4.69, 9.17) is 9.47 Å². The van der Waals surface area contributed by atoms with Crippen molar-refractivity contribution in [3.05, 3.63) is 52.1 Å². The lowest BCUT2D eigenvalue weighted by Crippen LogP contribution is -2.25. The highest BCUT2D eigenvalue weighted by Gasteiger charge is 2.17. The number of ether oxygens (including phenoxy) is 2. The topological polar surface area (TPSA) is 97.4 Å². The molecule has 4 rings (SSSR count). The van der Waals surface area contributed by atoms with E-state index in [0.29, 0.717) is 28.6 Å². The molecule has 1 aromatic heterocycles. The summed E-state index contributed by atoms with van der Waals surface area (Å²) in [7, 11) is 1.70. The SMILES string of the molecule is CCOc1cc(C=Nn2c(-c3ccc4c(c3)NC(=O)CO4)csc2=NC)ccc1O. The lowest BCUT2D eigenvalue weighted by atomic mass is 10.1. The number of carbonyl (C=O) groups is 1. The van der Waals surface area contributed by atoms with Gasteiger partial charge in [0.05, 0.1) is 24.2 Å². The number of hydrogen-bond acceptors (Lipinski definition) is 7. The molecule has 30 heavy (non-hydrogen) atoms. The van der Waals surface area contributed by atoms with Crippen molar-refractivity contribution in [3.63, 3.8) is 0 Å². The summed E-state index contributed by atoms with van der Waals surface area (Å²) in [6.07, 6.45) is 1.68. The van der Waals surface area contributed by atoms with E-state index in [1.54, 1.807) is 36.1 Å². The summed E-state index contributed by atoms with van der Waals surface area (Å²) in [5.74, 6) is 0.942. The van der Waals surface area contributed by atoms with Crippen LogP contribution in [0.1, 0.15) is 12.5 Å². The van der Waals surface area contributed by atoms with Gasteiger partial charge in [0, 0.05) is 18.0 Å². The van der Waals surface area contributed by atoms with Gasteiger partial charge in [-0.2, -0.15) is 5.10 Å². The number of benzene rings is 2. The van der Waals surface area contributed by atoms with Crippen LogP contribution in [-0.4, -0.2) is 42.2 Å². The summed E-state index contributed by atoms with van der Waals surface area (Å²) >= 11 is 1.46. The lowest BCUT2D eigenvalue weighted by Gasteiger charge is -2.18. The summed E-state index contributed by atoms with van der Waals surface area (Å²) in [6, 6.07) is 10.6. The Balaban J connectivity index is 1.71. The van der Waals surface area contributed by atoms with Crippen LogP contribution >= 0.6 is 11.3 Å². The van der Waals surface area contributed by atoms with Crippen LogP contribution in [0.3, 0.4) is 0 Å². The molecule has 1 aliphatic heterocycles. The third kappa shape index (κ3) is 3.92. The molecule has 0 radical (unpaired) electrons. The van der Waals surface area contributed by atoms with Crippen molar-refractivity contribution < 1.29 is 19.4 Å². The van der Waals surface area contributed by atoms with E-state index in [9.17, 15) is 9.90 Å². The first kappa shape index (κ1) is 19.7. The number of thiazole rings is 1. The van der Waals surface area contributed by atoms with Crippen LogP contribution in [0.5, 0.6) is 17.2 Å². The number of carbonyl (C=O) groups excluding carboxylic acids is 1. The summed E-state index contributed by atoms with van der Waals surface area (Å²) in [4.78, 5) is 16.7. The Kier molecular flexibility index (Phi) is 5.53. The normalized spacial score (nSPS) is 13.8. The number of nitrogens with one attached hydrogen (secondary N) is 1. The second-order valence-corrected chi connectivity index (χ2v) is 7.23. The fourth-order valence-corrected chi connectivity index (χ4v) is 3.81. The number of fused-ring (bicyclic) bond motifs is 1. The van der Waals surface area contributed by atoms with Crippen LogP contribution in [0, 0.1) is 0 Å². The van der Waals surface area contributed by atoms with E-state index in [0.717, 1.165) is 16.8 Å². The van der Waals surface area contributed by atoms with E-state index in [2.05, 4.69) is 15.4 Å². The van der Waals surface area contributed by atoms with Gasteiger partial charge in [0.1, 0.15) is 5.75 Å². The van der Waals surface area contributed by atoms with Gasteiger partial charge in [-0.15, -0.1) is 11.3 Å². The average Bonchev–Trinajstić information content (AvgIpc) is 3.16. The van der Waals surface area contributed by atoms with Gasteiger partial charge in [0.15, 0.2) is 18.1 Å². The molecule has 3 aromatic rings. The highest BCUT2D eigenvalue weighted by molar-refractivity contribution is 7.07. The van der Waals surface area contributed by atoms with Crippen molar-refractivity contribution in [2.75, 3.05) is 25.6 Å². The van der Waals surface area contributed by atoms with Crippen LogP contribution in [0.15, 0.2) is 51.9 Å². The highest BCUT2D eigenvalue weighted by Crippen LogP contribution is 2.33. The zero-order valence-electron chi connectivity index (χ0n) is 16.5. The molecule has 0 aliphatic carbocycles. The third-order valence-corrected chi connectivity index (χ3v) is 5.30. The Hall–Kier alpha value is -3.59. The molecule has 2 N–H and O–H groups in total. The number of phenols is 1. The van der Waals surface area contributed by atoms with E-state index < -0.39 is 0 Å². The molecule has 154 valence electrons. The molecule has 0 bridgehead atoms. The fourth-order valence-electron chi connectivity index (χ4n) is 3.01. The van der Waals surface area contributed by atoms with E-state index in [1.807, 2.05) is 30.5 Å². The molecule has 9 heteroatoms. The van der Waals surface area contributed by atoms with E-state index in [-0.39, 0.29) is 18.3 Å². The van der Waals surface area contributed by atoms with Gasteiger partial charge in [0.2, 0.25) is 4.80 Å². The molecule has 2 aromatic carbocycles. The quantitative estimate of drug-likeness (QED) is 0.615. The van der Waals surface area contributed by atoms with Gasteiger partial charge in [-0.05, 0) is 48.9 Å². The fraction of sp³-hybridized carbons (Fsp3) is 0.190. The maximum atomic E-state index is 11.6. The van der Waals surface area contributed by atoms with Crippen molar-refractivity contribution in [1.82, 2.24) is 4.68 Å². The highest BCUT2D eigenvalue weighted by atomic mass is 32.1. The maximum Gasteiger partial charge on any atom is 0.262 e. The van der Waals surface area contributed by atoms with Gasteiger partial charge in [0.25, 0.3) is 5.91 Å². The first-order valence-electron chi connectivity index (χ1n) is 9.29. The number of amides is 1. The first-order valence-corrected chi connectivity index (χ1v) is 10.2. The van der Waals surface area contributed by atoms with Crippen molar-refractivity contribution in [2.24, 2.45) is 10.1 Å². The van der Waals surface area contributed by atoms with Crippen molar-refractivity contribution in [3.8, 4) is 28.5 Å². The monoisotopic (exact) mass is 424 g/mol. The second kappa shape index (κ2) is 8.42. The Bertz CT molecular complexity index is 1200. The minimum Gasteiger partial charge on any atom is -0.504 e. The predicted octanol–water partition coefficient (Wildman–Crippen LogP) is 3.06. The van der Waals surface area contributed by atoms with E-state index in [1.165, 1.54) is 11.3 Å². The summed E-state index contributed by atoms with van der Waals surface area (Å²) in [5, 5.41) is 19.3. The average molecular weight is 424 g/mol. The number of nitrogens with zero attached hydrogens (tertiary/aromatic N) is 3. The molecule has 1 amide bonds. The zero-order chi connectivity index (χ0) is 21.1. The standard InChI is InChI=1S/C21H20N4O4S/c1-3-28-19-8-13(4-6-17(19)26)10-23-25-16(12-30-21(25)22-2)14-5-7-18-15(9-14)24-20(27)11-29-18/h4-10,12,26H,3,11H2,1-2H3,(H,24,27). The predicted molar refractivity (Wildman–Crippen MR) is 116 cm³/mol. The van der Waals surface area contributed by atoms with Crippen LogP contribution in [-0.2, 0) is 4.79 Å². The van der Waals surface area contributed by atoms with Crippen molar-refractivity contribution in [1.29, 1.82) is 0 Å². The molecule has 0 fully saturated rings. The van der Waals surface area contributed by atoms with Gasteiger partial charge in [-0.1, -0.05) is 0 Å². The molecule has 0 saturated carbocycles. The molecule has 8 nitrogen and oxygen atoms in total. The Morgan fingerprint density at radius 3 is 3.00 bits per heavy atom. The molecular formula is C21H20N4O4S. The Labute approximate surface area is 176 Å². The Morgan fingerprint density at radius 2 is 2.20 bits per heavy atom. The van der Waals surface area contributed by atoms with Crippen LogP contribution < -0.4 is 19.6 Å². The molecule has 0 saturated heterocycles.